The van der Waals surface area contributed by atoms with Crippen LogP contribution in [0.5, 0.6) is 0 Å². The molecule has 6 heterocycles. The number of carbonyl (C=O) groups excluding carboxylic acids is 4. The van der Waals surface area contributed by atoms with E-state index in [2.05, 4.69) is 73.8 Å². The fourth-order valence-electron chi connectivity index (χ4n) is 9.32. The van der Waals surface area contributed by atoms with Crippen molar-refractivity contribution in [3.63, 3.8) is 0 Å². The van der Waals surface area contributed by atoms with Crippen molar-refractivity contribution in [1.82, 2.24) is 40.4 Å². The highest BCUT2D eigenvalue weighted by Gasteiger charge is 2.42. The Morgan fingerprint density at radius 1 is 0.705 bits per heavy atom. The average Bonchev–Trinajstić information content (AvgIpc) is 4.13. The normalized spacial score (nSPS) is 21.2. The van der Waals surface area contributed by atoms with Crippen LogP contribution >= 0.6 is 0 Å². The Morgan fingerprint density at radius 2 is 1.25 bits per heavy atom. The first-order chi connectivity index (χ1) is 29.4. The first-order valence-electron chi connectivity index (χ1n) is 21.3. The first-order valence-corrected chi connectivity index (χ1v) is 21.3. The molecular weight excluding hydrogens is 777 g/mol. The number of aromatic amines is 2. The molecule has 0 spiro atoms. The van der Waals surface area contributed by atoms with Gasteiger partial charge in [-0.15, -0.1) is 0 Å². The summed E-state index contributed by atoms with van der Waals surface area (Å²) in [7, 11) is 2.58. The molecule has 4 aliphatic rings. The first kappa shape index (κ1) is 41.6. The average molecular weight is 831 g/mol. The second kappa shape index (κ2) is 17.5. The van der Waals surface area contributed by atoms with Gasteiger partial charge < -0.3 is 44.6 Å². The quantitative estimate of drug-likeness (QED) is 0.124. The van der Waals surface area contributed by atoms with E-state index in [1.54, 1.807) is 11.1 Å². The number of alkyl carbamates (subject to hydrolysis) is 2. The summed E-state index contributed by atoms with van der Waals surface area (Å²) in [6, 6.07) is 10.8. The molecule has 4 N–H and O–H groups in total. The van der Waals surface area contributed by atoms with Crippen LogP contribution in [0.4, 0.5) is 9.59 Å². The van der Waals surface area contributed by atoms with Gasteiger partial charge in [0.15, 0.2) is 0 Å². The number of ether oxygens (including phenoxy) is 3. The second-order valence-corrected chi connectivity index (χ2v) is 17.0. The van der Waals surface area contributed by atoms with Crippen molar-refractivity contribution in [2.45, 2.75) is 103 Å². The predicted molar refractivity (Wildman–Crippen MR) is 226 cm³/mol. The van der Waals surface area contributed by atoms with Crippen molar-refractivity contribution in [2.75, 3.05) is 27.3 Å². The minimum atomic E-state index is -0.705. The number of carbonyl (C=O) groups is 4. The smallest absolute Gasteiger partial charge is 0.407 e. The Balaban J connectivity index is 0.984. The van der Waals surface area contributed by atoms with Gasteiger partial charge in [0, 0.05) is 24.2 Å². The van der Waals surface area contributed by atoms with Gasteiger partial charge in [0.1, 0.15) is 29.4 Å². The van der Waals surface area contributed by atoms with Gasteiger partial charge in [0.2, 0.25) is 11.8 Å². The van der Waals surface area contributed by atoms with Crippen LogP contribution in [0.3, 0.4) is 0 Å². The van der Waals surface area contributed by atoms with Gasteiger partial charge in [-0.05, 0) is 84.6 Å². The topological polar surface area (TPSA) is 184 Å². The highest BCUT2D eigenvalue weighted by Crippen LogP contribution is 2.54. The molecule has 320 valence electrons. The summed E-state index contributed by atoms with van der Waals surface area (Å²) in [6.07, 6.45) is 7.39. The number of aromatic nitrogens is 4. The van der Waals surface area contributed by atoms with E-state index in [9.17, 15) is 19.2 Å². The van der Waals surface area contributed by atoms with Crippen LogP contribution in [0.25, 0.3) is 22.4 Å². The van der Waals surface area contributed by atoms with E-state index in [0.29, 0.717) is 24.6 Å². The zero-order valence-electron chi connectivity index (χ0n) is 35.5. The number of rotatable bonds is 10. The van der Waals surface area contributed by atoms with Crippen LogP contribution in [0.15, 0.2) is 48.8 Å². The van der Waals surface area contributed by atoms with Crippen molar-refractivity contribution < 1.29 is 33.4 Å². The molecule has 3 saturated heterocycles. The lowest BCUT2D eigenvalue weighted by Crippen LogP contribution is -2.51. The van der Waals surface area contributed by atoms with Crippen LogP contribution in [0.1, 0.15) is 125 Å². The molecule has 0 saturated carbocycles. The largest absolute Gasteiger partial charge is 0.453 e. The summed E-state index contributed by atoms with van der Waals surface area (Å²) in [4.78, 5) is 71.1. The summed E-state index contributed by atoms with van der Waals surface area (Å²) in [6.45, 7) is 8.77. The molecule has 2 unspecified atom stereocenters. The van der Waals surface area contributed by atoms with Gasteiger partial charge in [0.25, 0.3) is 0 Å². The van der Waals surface area contributed by atoms with Gasteiger partial charge in [-0.25, -0.2) is 19.6 Å². The number of hydrogen-bond donors (Lipinski definition) is 4. The summed E-state index contributed by atoms with van der Waals surface area (Å²) < 4.78 is 16.0. The van der Waals surface area contributed by atoms with Crippen LogP contribution in [-0.4, -0.2) is 93.1 Å². The number of nitrogens with one attached hydrogen (secondary N) is 4. The number of imidazole rings is 2. The van der Waals surface area contributed by atoms with E-state index in [0.717, 1.165) is 77.9 Å². The number of H-pyrrole nitrogens is 2. The second-order valence-electron chi connectivity index (χ2n) is 17.0. The molecule has 4 aromatic rings. The standard InChI is InChI=1S/C46H54N8O7/c1-25(2)39(51-45(57)59-5)43(55)53-21-7-9-33(53)41-47-23-30(49-41)17-15-29-16-18-31(38-36-20-19-35(61-36)37(29)38)27-11-13-28(14-12-27)32-24-48-42(50-32)34-10-8-22-54(34)44(56)40(26(3)4)52-46(58)60-6/h11-14,16,18,23-26,33-36,39-40H,7-10,19-22H2,1-6H3,(H,47,49)(H,48,50)(H,51,57)(H,52,58)/t33-,34-,35?,36?,39-,40+/m0/s1. The van der Waals surface area contributed by atoms with Crippen molar-refractivity contribution in [3.8, 4) is 34.2 Å². The summed E-state index contributed by atoms with van der Waals surface area (Å²) in [5.41, 5.74) is 7.96. The minimum Gasteiger partial charge on any atom is -0.453 e. The molecule has 4 aliphatic heterocycles. The molecule has 6 atom stereocenters. The Morgan fingerprint density at radius 3 is 1.82 bits per heavy atom. The molecule has 61 heavy (non-hydrogen) atoms. The van der Waals surface area contributed by atoms with Gasteiger partial charge in [-0.1, -0.05) is 63.9 Å². The van der Waals surface area contributed by atoms with Crippen molar-refractivity contribution in [1.29, 1.82) is 0 Å². The molecule has 2 bridgehead atoms. The number of likely N-dealkylation sites (tertiary alicyclic amines) is 2. The number of methoxy groups -OCH3 is 2. The van der Waals surface area contributed by atoms with E-state index in [1.807, 2.05) is 38.8 Å². The zero-order chi connectivity index (χ0) is 42.9. The van der Waals surface area contributed by atoms with Crippen molar-refractivity contribution in [3.05, 3.63) is 82.8 Å². The monoisotopic (exact) mass is 830 g/mol. The SMILES string of the molecule is COC(=O)N[C@H](C(=O)N1CCC[C@H]1c1ncc(C#Cc2ccc(-c3ccc(-c4cnc([C@@H]5CCCN5C(=O)[C@H](NC(=O)OC)C(C)C)[nH]4)cc3)c3c2C2CCC3O2)[nH]1)C(C)C. The predicted octanol–water partition coefficient (Wildman–Crippen LogP) is 6.86. The maximum atomic E-state index is 13.6. The molecular formula is C46H54N8O7. The van der Waals surface area contributed by atoms with Gasteiger partial charge >= 0.3 is 12.2 Å². The van der Waals surface area contributed by atoms with Gasteiger partial charge in [-0.3, -0.25) is 9.59 Å². The Bertz CT molecular complexity index is 2360. The number of benzene rings is 2. The molecule has 0 aliphatic carbocycles. The highest BCUT2D eigenvalue weighted by molar-refractivity contribution is 5.87. The fraction of sp³-hybridized carbons (Fsp3) is 0.478. The summed E-state index contributed by atoms with van der Waals surface area (Å²) >= 11 is 0. The molecule has 15 nitrogen and oxygen atoms in total. The maximum absolute atomic E-state index is 13.6. The molecule has 4 amide bonds. The van der Waals surface area contributed by atoms with Crippen LogP contribution in [0, 0.1) is 23.7 Å². The number of hydrogen-bond acceptors (Lipinski definition) is 9. The lowest BCUT2D eigenvalue weighted by molar-refractivity contribution is -0.136. The van der Waals surface area contributed by atoms with E-state index in [4.69, 9.17) is 19.2 Å². The van der Waals surface area contributed by atoms with E-state index in [1.165, 1.54) is 19.8 Å². The highest BCUT2D eigenvalue weighted by atomic mass is 16.5. The molecule has 2 aromatic heterocycles. The number of amides is 4. The summed E-state index contributed by atoms with van der Waals surface area (Å²) in [5.74, 6) is 7.57. The Kier molecular flexibility index (Phi) is 11.9. The molecule has 0 radical (unpaired) electrons. The van der Waals surface area contributed by atoms with Gasteiger partial charge in [0.05, 0.1) is 56.6 Å². The number of nitrogens with zero attached hydrogens (tertiary/aromatic N) is 4. The van der Waals surface area contributed by atoms with E-state index >= 15 is 0 Å². The Hall–Kier alpha value is -6.14. The van der Waals surface area contributed by atoms with Crippen LogP contribution < -0.4 is 10.6 Å². The third-order valence-corrected chi connectivity index (χ3v) is 12.5. The van der Waals surface area contributed by atoms with E-state index in [-0.39, 0.29) is 47.9 Å². The fourth-order valence-corrected chi connectivity index (χ4v) is 9.32. The molecule has 15 heteroatoms. The Labute approximate surface area is 355 Å². The van der Waals surface area contributed by atoms with Crippen LogP contribution in [0.2, 0.25) is 0 Å². The zero-order valence-corrected chi connectivity index (χ0v) is 35.5. The van der Waals surface area contributed by atoms with Gasteiger partial charge in [-0.2, -0.15) is 0 Å². The lowest BCUT2D eigenvalue weighted by Gasteiger charge is -2.30. The number of fused-ring (bicyclic) bond motifs is 5. The molecule has 2 aromatic carbocycles. The minimum absolute atomic E-state index is 0.00903. The molecule has 3 fully saturated rings. The maximum Gasteiger partial charge on any atom is 0.407 e. The summed E-state index contributed by atoms with van der Waals surface area (Å²) in [5, 5.41) is 5.40. The molecule has 8 rings (SSSR count). The third-order valence-electron chi connectivity index (χ3n) is 12.5. The van der Waals surface area contributed by atoms with Crippen molar-refractivity contribution >= 4 is 24.0 Å². The van der Waals surface area contributed by atoms with Crippen LogP contribution in [-0.2, 0) is 23.8 Å². The lowest BCUT2D eigenvalue weighted by atomic mass is 9.83. The third kappa shape index (κ3) is 8.21. The van der Waals surface area contributed by atoms with Crippen molar-refractivity contribution in [2.24, 2.45) is 11.8 Å². The van der Waals surface area contributed by atoms with E-state index < -0.39 is 24.3 Å².